The average molecular weight is 281 g/mol. The number of hydrogen-bond acceptors (Lipinski definition) is 2. The Morgan fingerprint density at radius 1 is 1.37 bits per heavy atom. The molecule has 2 rings (SSSR count). The molecule has 1 aromatic rings. The number of carbonyl (C=O) groups excluding carboxylic acids is 1. The van der Waals surface area contributed by atoms with Gasteiger partial charge in [0.25, 0.3) is 0 Å². The molecule has 0 spiro atoms. The number of amides is 1. The van der Waals surface area contributed by atoms with E-state index >= 15 is 0 Å². The summed E-state index contributed by atoms with van der Waals surface area (Å²) in [6.45, 7) is 2.69. The van der Waals surface area contributed by atoms with Gasteiger partial charge in [-0.3, -0.25) is 4.79 Å². The van der Waals surface area contributed by atoms with E-state index in [1.165, 1.54) is 0 Å². The van der Waals surface area contributed by atoms with E-state index in [0.29, 0.717) is 10.9 Å². The van der Waals surface area contributed by atoms with Crippen molar-refractivity contribution in [2.24, 2.45) is 17.6 Å². The van der Waals surface area contributed by atoms with Gasteiger partial charge < -0.3 is 11.1 Å². The lowest BCUT2D eigenvalue weighted by molar-refractivity contribution is -0.121. The Bertz CT molecular complexity index is 453. The Morgan fingerprint density at radius 2 is 2.05 bits per heavy atom. The van der Waals surface area contributed by atoms with Crippen LogP contribution in [0.1, 0.15) is 31.2 Å². The molecular formula is C15H21ClN2O. The van der Waals surface area contributed by atoms with Crippen LogP contribution in [0.5, 0.6) is 0 Å². The molecule has 0 radical (unpaired) electrons. The maximum absolute atomic E-state index is 12.2. The number of carbonyl (C=O) groups is 1. The number of nitrogens with two attached hydrogens (primary N) is 1. The summed E-state index contributed by atoms with van der Waals surface area (Å²) >= 11 is 5.91. The van der Waals surface area contributed by atoms with Crippen molar-refractivity contribution in [3.63, 3.8) is 0 Å². The molecule has 1 aliphatic rings. The molecule has 1 amide bonds. The minimum Gasteiger partial charge on any atom is -0.330 e. The smallest absolute Gasteiger partial charge is 0.227 e. The predicted octanol–water partition coefficient (Wildman–Crippen LogP) is 3.35. The highest BCUT2D eigenvalue weighted by Gasteiger charge is 2.25. The molecule has 0 bridgehead atoms. The van der Waals surface area contributed by atoms with Gasteiger partial charge in [-0.15, -0.1) is 0 Å². The minimum absolute atomic E-state index is 0.123. The van der Waals surface area contributed by atoms with Gasteiger partial charge in [0.05, 0.1) is 0 Å². The topological polar surface area (TPSA) is 55.1 Å². The molecule has 0 unspecified atom stereocenters. The van der Waals surface area contributed by atoms with Gasteiger partial charge in [0.1, 0.15) is 0 Å². The number of benzene rings is 1. The third-order valence-corrected chi connectivity index (χ3v) is 4.23. The molecule has 104 valence electrons. The van der Waals surface area contributed by atoms with Crippen LogP contribution in [-0.4, -0.2) is 12.5 Å². The van der Waals surface area contributed by atoms with E-state index in [-0.39, 0.29) is 11.8 Å². The molecule has 1 aliphatic carbocycles. The number of nitrogens with one attached hydrogen (secondary N) is 1. The number of halogens is 1. The molecule has 3 nitrogen and oxygen atoms in total. The second-order valence-corrected chi connectivity index (χ2v) is 5.84. The van der Waals surface area contributed by atoms with Gasteiger partial charge in [-0.1, -0.05) is 11.6 Å². The molecule has 19 heavy (non-hydrogen) atoms. The summed E-state index contributed by atoms with van der Waals surface area (Å²) in [5, 5.41) is 3.70. The van der Waals surface area contributed by atoms with Crippen molar-refractivity contribution in [1.29, 1.82) is 0 Å². The molecule has 1 aromatic carbocycles. The second-order valence-electron chi connectivity index (χ2n) is 5.40. The van der Waals surface area contributed by atoms with Crippen molar-refractivity contribution in [2.45, 2.75) is 32.6 Å². The quantitative estimate of drug-likeness (QED) is 0.892. The van der Waals surface area contributed by atoms with Crippen molar-refractivity contribution in [2.75, 3.05) is 11.9 Å². The fraction of sp³-hybridized carbons (Fsp3) is 0.533. The fourth-order valence-corrected chi connectivity index (χ4v) is 2.89. The monoisotopic (exact) mass is 280 g/mol. The Kier molecular flexibility index (Phi) is 4.83. The van der Waals surface area contributed by atoms with Gasteiger partial charge in [-0.2, -0.15) is 0 Å². The van der Waals surface area contributed by atoms with Crippen LogP contribution >= 0.6 is 11.6 Å². The number of rotatable bonds is 3. The molecule has 4 heteroatoms. The molecule has 3 N–H and O–H groups in total. The van der Waals surface area contributed by atoms with E-state index in [1.807, 2.05) is 19.1 Å². The highest BCUT2D eigenvalue weighted by Crippen LogP contribution is 2.29. The van der Waals surface area contributed by atoms with Gasteiger partial charge in [0, 0.05) is 16.6 Å². The Balaban J connectivity index is 1.94. The molecule has 1 fully saturated rings. The van der Waals surface area contributed by atoms with E-state index in [4.69, 9.17) is 17.3 Å². The van der Waals surface area contributed by atoms with Crippen molar-refractivity contribution in [3.05, 3.63) is 28.8 Å². The summed E-state index contributed by atoms with van der Waals surface area (Å²) in [6.07, 6.45) is 4.02. The third-order valence-electron chi connectivity index (χ3n) is 4.00. The Hall–Kier alpha value is -1.06. The summed E-state index contributed by atoms with van der Waals surface area (Å²) in [4.78, 5) is 12.2. The van der Waals surface area contributed by atoms with Gasteiger partial charge in [0.2, 0.25) is 5.91 Å². The summed E-state index contributed by atoms with van der Waals surface area (Å²) in [5.41, 5.74) is 7.52. The van der Waals surface area contributed by atoms with Crippen molar-refractivity contribution in [3.8, 4) is 0 Å². The first-order valence-electron chi connectivity index (χ1n) is 6.87. The molecule has 1 saturated carbocycles. The van der Waals surface area contributed by atoms with Crippen LogP contribution in [0.3, 0.4) is 0 Å². The zero-order chi connectivity index (χ0) is 13.8. The van der Waals surface area contributed by atoms with Gasteiger partial charge in [-0.25, -0.2) is 0 Å². The van der Waals surface area contributed by atoms with Crippen LogP contribution in [-0.2, 0) is 4.79 Å². The lowest BCUT2D eigenvalue weighted by Crippen LogP contribution is -2.29. The first-order chi connectivity index (χ1) is 9.10. The van der Waals surface area contributed by atoms with Crippen molar-refractivity contribution < 1.29 is 4.79 Å². The molecule has 0 atom stereocenters. The SMILES string of the molecule is Cc1cc(Cl)ccc1NC(=O)C1CCC(CN)CC1. The third kappa shape index (κ3) is 3.71. The number of anilines is 1. The fourth-order valence-electron chi connectivity index (χ4n) is 2.66. The predicted molar refractivity (Wildman–Crippen MR) is 79.3 cm³/mol. The van der Waals surface area contributed by atoms with E-state index in [2.05, 4.69) is 5.32 Å². The average Bonchev–Trinajstić information content (AvgIpc) is 2.42. The minimum atomic E-state index is 0.123. The first kappa shape index (κ1) is 14.4. The summed E-state index contributed by atoms with van der Waals surface area (Å²) in [7, 11) is 0. The standard InChI is InChI=1S/C15H21ClN2O/c1-10-8-13(16)6-7-14(10)18-15(19)12-4-2-11(9-17)3-5-12/h6-8,11-12H,2-5,9,17H2,1H3,(H,18,19). The van der Waals surface area contributed by atoms with Crippen LogP contribution < -0.4 is 11.1 Å². The number of hydrogen-bond donors (Lipinski definition) is 2. The lowest BCUT2D eigenvalue weighted by atomic mass is 9.81. The maximum Gasteiger partial charge on any atom is 0.227 e. The summed E-state index contributed by atoms with van der Waals surface area (Å²) in [6, 6.07) is 5.53. The first-order valence-corrected chi connectivity index (χ1v) is 7.25. The molecule has 0 heterocycles. The summed E-state index contributed by atoms with van der Waals surface area (Å²) < 4.78 is 0. The Morgan fingerprint density at radius 3 is 2.63 bits per heavy atom. The largest absolute Gasteiger partial charge is 0.330 e. The number of aryl methyl sites for hydroxylation is 1. The van der Waals surface area contributed by atoms with E-state index in [0.717, 1.165) is 43.5 Å². The van der Waals surface area contributed by atoms with Crippen molar-refractivity contribution in [1.82, 2.24) is 0 Å². The lowest BCUT2D eigenvalue weighted by Gasteiger charge is -2.27. The van der Waals surface area contributed by atoms with Crippen LogP contribution in [0.2, 0.25) is 5.02 Å². The van der Waals surface area contributed by atoms with Crippen LogP contribution in [0.15, 0.2) is 18.2 Å². The van der Waals surface area contributed by atoms with E-state index < -0.39 is 0 Å². The van der Waals surface area contributed by atoms with Gasteiger partial charge in [-0.05, 0) is 68.8 Å². The highest BCUT2D eigenvalue weighted by molar-refractivity contribution is 6.30. The van der Waals surface area contributed by atoms with Crippen LogP contribution in [0.25, 0.3) is 0 Å². The van der Waals surface area contributed by atoms with Crippen molar-refractivity contribution >= 4 is 23.2 Å². The van der Waals surface area contributed by atoms with Crippen LogP contribution in [0, 0.1) is 18.8 Å². The maximum atomic E-state index is 12.2. The highest BCUT2D eigenvalue weighted by atomic mass is 35.5. The Labute approximate surface area is 119 Å². The zero-order valence-electron chi connectivity index (χ0n) is 11.3. The van der Waals surface area contributed by atoms with E-state index in [1.54, 1.807) is 6.07 Å². The molecule has 0 saturated heterocycles. The van der Waals surface area contributed by atoms with Crippen LogP contribution in [0.4, 0.5) is 5.69 Å². The normalized spacial score (nSPS) is 23.1. The van der Waals surface area contributed by atoms with E-state index in [9.17, 15) is 4.79 Å². The summed E-state index contributed by atoms with van der Waals surface area (Å²) in [5.74, 6) is 0.847. The zero-order valence-corrected chi connectivity index (χ0v) is 12.0. The molecule has 0 aromatic heterocycles. The second kappa shape index (κ2) is 6.40. The van der Waals surface area contributed by atoms with Gasteiger partial charge >= 0.3 is 0 Å². The van der Waals surface area contributed by atoms with Gasteiger partial charge in [0.15, 0.2) is 0 Å². The molecular weight excluding hydrogens is 260 g/mol. The molecule has 0 aliphatic heterocycles.